The van der Waals surface area contributed by atoms with Gasteiger partial charge in [0.1, 0.15) is 19.3 Å². The zero-order valence-electron chi connectivity index (χ0n) is 8.02. The molecule has 0 bridgehead atoms. The SMILES string of the molecule is O=CCC(=O)OCC(O)CCCCO. The molecule has 2 N–H and O–H groups in total. The van der Waals surface area contributed by atoms with E-state index in [2.05, 4.69) is 4.74 Å². The van der Waals surface area contributed by atoms with Crippen molar-refractivity contribution in [1.82, 2.24) is 0 Å². The summed E-state index contributed by atoms with van der Waals surface area (Å²) in [6.45, 7) is 0.00967. The highest BCUT2D eigenvalue weighted by atomic mass is 16.5. The molecule has 0 aliphatic rings. The van der Waals surface area contributed by atoms with Crippen molar-refractivity contribution in [3.63, 3.8) is 0 Å². The second-order valence-electron chi connectivity index (χ2n) is 2.93. The largest absolute Gasteiger partial charge is 0.463 e. The minimum absolute atomic E-state index is 0.0852. The van der Waals surface area contributed by atoms with Gasteiger partial charge in [0.25, 0.3) is 0 Å². The van der Waals surface area contributed by atoms with Crippen LogP contribution in [-0.2, 0) is 14.3 Å². The molecule has 0 radical (unpaired) electrons. The molecule has 14 heavy (non-hydrogen) atoms. The molecule has 0 heterocycles. The number of hydrogen-bond acceptors (Lipinski definition) is 5. The number of rotatable bonds is 8. The Morgan fingerprint density at radius 1 is 1.43 bits per heavy atom. The van der Waals surface area contributed by atoms with Crippen molar-refractivity contribution in [2.24, 2.45) is 0 Å². The molecule has 0 aliphatic carbocycles. The Hall–Kier alpha value is -0.940. The van der Waals surface area contributed by atoms with E-state index >= 15 is 0 Å². The highest BCUT2D eigenvalue weighted by molar-refractivity contribution is 5.83. The number of unbranched alkanes of at least 4 members (excludes halogenated alkanes) is 1. The minimum Gasteiger partial charge on any atom is -0.463 e. The maximum Gasteiger partial charge on any atom is 0.313 e. The zero-order chi connectivity index (χ0) is 10.8. The molecule has 0 saturated heterocycles. The normalized spacial score (nSPS) is 12.1. The van der Waals surface area contributed by atoms with Crippen molar-refractivity contribution < 1.29 is 24.5 Å². The summed E-state index contributed by atoms with van der Waals surface area (Å²) in [5.74, 6) is -0.624. The van der Waals surface area contributed by atoms with Crippen LogP contribution in [-0.4, -0.2) is 41.8 Å². The van der Waals surface area contributed by atoms with E-state index in [9.17, 15) is 14.7 Å². The van der Waals surface area contributed by atoms with Gasteiger partial charge < -0.3 is 19.7 Å². The Bertz CT molecular complexity index is 169. The Kier molecular flexibility index (Phi) is 8.07. The number of esters is 1. The third-order valence-electron chi connectivity index (χ3n) is 1.63. The van der Waals surface area contributed by atoms with Gasteiger partial charge in [-0.1, -0.05) is 0 Å². The molecule has 0 rings (SSSR count). The summed E-state index contributed by atoms with van der Waals surface area (Å²) >= 11 is 0. The summed E-state index contributed by atoms with van der Waals surface area (Å²) in [5, 5.41) is 17.7. The third kappa shape index (κ3) is 7.70. The molecular weight excluding hydrogens is 188 g/mol. The van der Waals surface area contributed by atoms with Crippen LogP contribution in [0.15, 0.2) is 0 Å². The van der Waals surface area contributed by atoms with Gasteiger partial charge in [-0.05, 0) is 19.3 Å². The quantitative estimate of drug-likeness (QED) is 0.244. The monoisotopic (exact) mass is 204 g/mol. The van der Waals surface area contributed by atoms with Gasteiger partial charge in [0, 0.05) is 6.61 Å². The van der Waals surface area contributed by atoms with Gasteiger partial charge in [0.05, 0.1) is 6.10 Å². The topological polar surface area (TPSA) is 83.8 Å². The second-order valence-corrected chi connectivity index (χ2v) is 2.93. The van der Waals surface area contributed by atoms with Gasteiger partial charge in [-0.25, -0.2) is 0 Å². The first-order valence-corrected chi connectivity index (χ1v) is 4.59. The maximum absolute atomic E-state index is 10.7. The molecule has 5 nitrogen and oxygen atoms in total. The molecule has 0 aliphatic heterocycles. The van der Waals surface area contributed by atoms with Crippen LogP contribution in [0.4, 0.5) is 0 Å². The number of carbonyl (C=O) groups excluding carboxylic acids is 2. The average molecular weight is 204 g/mol. The summed E-state index contributed by atoms with van der Waals surface area (Å²) in [7, 11) is 0. The van der Waals surface area contributed by atoms with Gasteiger partial charge >= 0.3 is 5.97 Å². The number of hydrogen-bond donors (Lipinski definition) is 2. The van der Waals surface area contributed by atoms with E-state index in [0.29, 0.717) is 25.5 Å². The number of carbonyl (C=O) groups is 2. The summed E-state index contributed by atoms with van der Waals surface area (Å²) in [6, 6.07) is 0. The van der Waals surface area contributed by atoms with Crippen LogP contribution in [0.25, 0.3) is 0 Å². The smallest absolute Gasteiger partial charge is 0.313 e. The van der Waals surface area contributed by atoms with Crippen molar-refractivity contribution in [2.45, 2.75) is 31.8 Å². The van der Waals surface area contributed by atoms with Crippen LogP contribution >= 0.6 is 0 Å². The summed E-state index contributed by atoms with van der Waals surface area (Å²) in [6.07, 6.45) is 1.26. The van der Waals surface area contributed by atoms with E-state index in [-0.39, 0.29) is 19.6 Å². The van der Waals surface area contributed by atoms with Crippen molar-refractivity contribution in [3.8, 4) is 0 Å². The van der Waals surface area contributed by atoms with Crippen molar-refractivity contribution >= 4 is 12.3 Å². The highest BCUT2D eigenvalue weighted by Gasteiger charge is 2.07. The molecule has 1 unspecified atom stereocenters. The molecule has 5 heteroatoms. The van der Waals surface area contributed by atoms with Crippen LogP contribution in [0.5, 0.6) is 0 Å². The summed E-state index contributed by atoms with van der Waals surface area (Å²) in [5.41, 5.74) is 0. The molecule has 0 fully saturated rings. The van der Waals surface area contributed by atoms with E-state index in [1.807, 2.05) is 0 Å². The van der Waals surface area contributed by atoms with Crippen molar-refractivity contribution in [3.05, 3.63) is 0 Å². The Labute approximate surface area is 82.7 Å². The minimum atomic E-state index is -0.711. The van der Waals surface area contributed by atoms with E-state index in [4.69, 9.17) is 5.11 Å². The van der Waals surface area contributed by atoms with Gasteiger partial charge in [-0.3, -0.25) is 4.79 Å². The lowest BCUT2D eigenvalue weighted by atomic mass is 10.2. The molecule has 0 spiro atoms. The lowest BCUT2D eigenvalue weighted by Gasteiger charge is -2.09. The standard InChI is InChI=1S/C9H16O5/c10-5-2-1-3-8(12)7-14-9(13)4-6-11/h6,8,10,12H,1-5,7H2. The summed E-state index contributed by atoms with van der Waals surface area (Å²) < 4.78 is 4.59. The van der Waals surface area contributed by atoms with Gasteiger partial charge in [-0.2, -0.15) is 0 Å². The number of aliphatic hydroxyl groups is 2. The first-order chi connectivity index (χ1) is 6.70. The lowest BCUT2D eigenvalue weighted by molar-refractivity contribution is -0.147. The number of aliphatic hydroxyl groups excluding tert-OH is 2. The van der Waals surface area contributed by atoms with Crippen LogP contribution in [0.2, 0.25) is 0 Å². The van der Waals surface area contributed by atoms with Crippen molar-refractivity contribution in [1.29, 1.82) is 0 Å². The van der Waals surface area contributed by atoms with E-state index < -0.39 is 12.1 Å². The van der Waals surface area contributed by atoms with Gasteiger partial charge in [-0.15, -0.1) is 0 Å². The Morgan fingerprint density at radius 3 is 2.71 bits per heavy atom. The molecule has 0 aromatic heterocycles. The predicted molar refractivity (Wildman–Crippen MR) is 48.6 cm³/mol. The fraction of sp³-hybridized carbons (Fsp3) is 0.778. The number of aldehydes is 1. The molecule has 0 aromatic carbocycles. The van der Waals surface area contributed by atoms with E-state index in [0.717, 1.165) is 0 Å². The van der Waals surface area contributed by atoms with Gasteiger partial charge in [0.2, 0.25) is 0 Å². The van der Waals surface area contributed by atoms with Crippen molar-refractivity contribution in [2.75, 3.05) is 13.2 Å². The van der Waals surface area contributed by atoms with Gasteiger partial charge in [0.15, 0.2) is 0 Å². The molecular formula is C9H16O5. The highest BCUT2D eigenvalue weighted by Crippen LogP contribution is 2.01. The third-order valence-corrected chi connectivity index (χ3v) is 1.63. The predicted octanol–water partition coefficient (Wildman–Crippen LogP) is -0.358. The fourth-order valence-electron chi connectivity index (χ4n) is 0.891. The Morgan fingerprint density at radius 2 is 2.14 bits per heavy atom. The molecule has 0 aromatic rings. The first-order valence-electron chi connectivity index (χ1n) is 4.59. The van der Waals surface area contributed by atoms with Crippen LogP contribution in [0.1, 0.15) is 25.7 Å². The fourth-order valence-corrected chi connectivity index (χ4v) is 0.891. The molecule has 1 atom stereocenters. The van der Waals surface area contributed by atoms with Crippen LogP contribution in [0, 0.1) is 0 Å². The van der Waals surface area contributed by atoms with E-state index in [1.54, 1.807) is 0 Å². The van der Waals surface area contributed by atoms with Crippen LogP contribution < -0.4 is 0 Å². The summed E-state index contributed by atoms with van der Waals surface area (Å²) in [4.78, 5) is 20.6. The molecule has 0 saturated carbocycles. The van der Waals surface area contributed by atoms with E-state index in [1.165, 1.54) is 0 Å². The Balaban J connectivity index is 3.38. The number of ether oxygens (including phenoxy) is 1. The lowest BCUT2D eigenvalue weighted by Crippen LogP contribution is -2.18. The zero-order valence-corrected chi connectivity index (χ0v) is 8.02. The second kappa shape index (κ2) is 8.65. The average Bonchev–Trinajstić information content (AvgIpc) is 2.16. The molecule has 82 valence electrons. The first kappa shape index (κ1) is 13.1. The van der Waals surface area contributed by atoms with Crippen LogP contribution in [0.3, 0.4) is 0 Å². The molecule has 0 amide bonds. The maximum atomic E-state index is 10.7.